The Kier molecular flexibility index (Phi) is 7.85. The fourth-order valence-corrected chi connectivity index (χ4v) is 2.36. The number of ether oxygens (including phenoxy) is 1. The molecule has 0 bridgehead atoms. The molecule has 2 amide bonds. The summed E-state index contributed by atoms with van der Waals surface area (Å²) in [5, 5.41) is 23.8. The van der Waals surface area contributed by atoms with Crippen LogP contribution in [-0.4, -0.2) is 54.2 Å². The summed E-state index contributed by atoms with van der Waals surface area (Å²) >= 11 is 0. The van der Waals surface area contributed by atoms with Crippen molar-refractivity contribution in [3.63, 3.8) is 0 Å². The lowest BCUT2D eigenvalue weighted by molar-refractivity contribution is -0.135. The first-order chi connectivity index (χ1) is 10.3. The molecule has 3 atom stereocenters. The van der Waals surface area contributed by atoms with Gasteiger partial charge in [0, 0.05) is 13.2 Å². The van der Waals surface area contributed by atoms with Crippen LogP contribution in [0.25, 0.3) is 0 Å². The Morgan fingerprint density at radius 3 is 2.45 bits per heavy atom. The van der Waals surface area contributed by atoms with Crippen LogP contribution in [0, 0.1) is 11.8 Å². The van der Waals surface area contributed by atoms with E-state index in [1.165, 1.54) is 6.92 Å². The van der Waals surface area contributed by atoms with Crippen LogP contribution in [0.15, 0.2) is 0 Å². The molecule has 4 N–H and O–H groups in total. The SMILES string of the molecule is CC(C)CC(NC(=O)C(C)C(=O)NCC1CCCO1)B(O)O. The summed E-state index contributed by atoms with van der Waals surface area (Å²) in [5.74, 6) is -2.38. The number of amides is 2. The number of carbonyl (C=O) groups is 2. The van der Waals surface area contributed by atoms with Crippen molar-refractivity contribution in [3.05, 3.63) is 0 Å². The molecule has 1 rings (SSSR count). The first-order valence-corrected chi connectivity index (χ1v) is 7.87. The van der Waals surface area contributed by atoms with Crippen LogP contribution in [0.3, 0.4) is 0 Å². The van der Waals surface area contributed by atoms with Gasteiger partial charge in [-0.1, -0.05) is 13.8 Å². The van der Waals surface area contributed by atoms with Crippen molar-refractivity contribution in [3.8, 4) is 0 Å². The first-order valence-electron chi connectivity index (χ1n) is 7.87. The molecule has 0 aromatic carbocycles. The summed E-state index contributed by atoms with van der Waals surface area (Å²) < 4.78 is 5.40. The fourth-order valence-electron chi connectivity index (χ4n) is 2.36. The van der Waals surface area contributed by atoms with Crippen LogP contribution in [0.1, 0.15) is 40.0 Å². The van der Waals surface area contributed by atoms with E-state index in [0.29, 0.717) is 19.6 Å². The fraction of sp³-hybridized carbons (Fsp3) is 0.857. The summed E-state index contributed by atoms with van der Waals surface area (Å²) in [4.78, 5) is 24.0. The normalized spacial score (nSPS) is 20.5. The molecule has 0 aromatic rings. The third kappa shape index (κ3) is 6.33. The Balaban J connectivity index is 2.42. The molecule has 3 unspecified atom stereocenters. The third-order valence-electron chi connectivity index (χ3n) is 3.73. The number of carbonyl (C=O) groups excluding carboxylic acids is 2. The highest BCUT2D eigenvalue weighted by Crippen LogP contribution is 2.11. The van der Waals surface area contributed by atoms with Gasteiger partial charge in [0.25, 0.3) is 0 Å². The Hall–Kier alpha value is -1.12. The molecule has 0 radical (unpaired) electrons. The van der Waals surface area contributed by atoms with E-state index in [9.17, 15) is 19.6 Å². The van der Waals surface area contributed by atoms with Gasteiger partial charge in [-0.05, 0) is 32.1 Å². The average Bonchev–Trinajstić information content (AvgIpc) is 2.95. The van der Waals surface area contributed by atoms with Crippen molar-refractivity contribution >= 4 is 18.9 Å². The summed E-state index contributed by atoms with van der Waals surface area (Å²) in [5.41, 5.74) is 0. The second-order valence-corrected chi connectivity index (χ2v) is 6.26. The molecule has 0 aliphatic carbocycles. The molecule has 8 heteroatoms. The first kappa shape index (κ1) is 18.9. The lowest BCUT2D eigenvalue weighted by Crippen LogP contribution is -2.51. The summed E-state index contributed by atoms with van der Waals surface area (Å²) in [6.07, 6.45) is 2.34. The second-order valence-electron chi connectivity index (χ2n) is 6.26. The Bertz CT molecular complexity index is 372. The van der Waals surface area contributed by atoms with Crippen LogP contribution in [0.5, 0.6) is 0 Å². The van der Waals surface area contributed by atoms with Gasteiger partial charge in [0.15, 0.2) is 0 Å². The van der Waals surface area contributed by atoms with Gasteiger partial charge >= 0.3 is 7.12 Å². The molecule has 0 aromatic heterocycles. The molecule has 0 saturated carbocycles. The van der Waals surface area contributed by atoms with E-state index < -0.39 is 24.9 Å². The molecule has 22 heavy (non-hydrogen) atoms. The molecule has 1 heterocycles. The molecular formula is C14H27BN2O5. The topological polar surface area (TPSA) is 108 Å². The molecule has 126 valence electrons. The summed E-state index contributed by atoms with van der Waals surface area (Å²) in [6, 6.07) is 0. The minimum absolute atomic E-state index is 0.0205. The smallest absolute Gasteiger partial charge is 0.426 e. The number of hydrogen-bond acceptors (Lipinski definition) is 5. The van der Waals surface area contributed by atoms with E-state index in [4.69, 9.17) is 4.74 Å². The van der Waals surface area contributed by atoms with Gasteiger partial charge in [-0.2, -0.15) is 0 Å². The van der Waals surface area contributed by atoms with Crippen molar-refractivity contribution in [2.24, 2.45) is 11.8 Å². The van der Waals surface area contributed by atoms with Gasteiger partial charge in [-0.15, -0.1) is 0 Å². The third-order valence-corrected chi connectivity index (χ3v) is 3.73. The lowest BCUT2D eigenvalue weighted by Gasteiger charge is -2.22. The van der Waals surface area contributed by atoms with Crippen molar-refractivity contribution in [1.29, 1.82) is 0 Å². The minimum Gasteiger partial charge on any atom is -0.426 e. The van der Waals surface area contributed by atoms with Crippen LogP contribution < -0.4 is 10.6 Å². The van der Waals surface area contributed by atoms with E-state index in [0.717, 1.165) is 12.8 Å². The summed E-state index contributed by atoms with van der Waals surface area (Å²) in [7, 11) is -1.64. The van der Waals surface area contributed by atoms with E-state index >= 15 is 0 Å². The highest BCUT2D eigenvalue weighted by molar-refractivity contribution is 6.43. The Morgan fingerprint density at radius 2 is 1.95 bits per heavy atom. The van der Waals surface area contributed by atoms with Crippen molar-refractivity contribution in [2.75, 3.05) is 13.2 Å². The van der Waals surface area contributed by atoms with Gasteiger partial charge in [-0.3, -0.25) is 9.59 Å². The van der Waals surface area contributed by atoms with E-state index in [2.05, 4.69) is 10.6 Å². The predicted molar refractivity (Wildman–Crippen MR) is 82.7 cm³/mol. The van der Waals surface area contributed by atoms with Crippen molar-refractivity contribution in [2.45, 2.75) is 52.1 Å². The van der Waals surface area contributed by atoms with Gasteiger partial charge in [0.1, 0.15) is 5.92 Å². The van der Waals surface area contributed by atoms with Crippen LogP contribution in [-0.2, 0) is 14.3 Å². The molecule has 1 fully saturated rings. The minimum atomic E-state index is -1.64. The van der Waals surface area contributed by atoms with Crippen LogP contribution in [0.4, 0.5) is 0 Å². The van der Waals surface area contributed by atoms with Gasteiger partial charge in [0.2, 0.25) is 11.8 Å². The Labute approximate surface area is 131 Å². The Morgan fingerprint density at radius 1 is 1.27 bits per heavy atom. The maximum absolute atomic E-state index is 12.1. The van der Waals surface area contributed by atoms with Gasteiger partial charge in [-0.25, -0.2) is 0 Å². The number of hydrogen-bond donors (Lipinski definition) is 4. The van der Waals surface area contributed by atoms with Crippen LogP contribution in [0.2, 0.25) is 0 Å². The van der Waals surface area contributed by atoms with Crippen LogP contribution >= 0.6 is 0 Å². The highest BCUT2D eigenvalue weighted by atomic mass is 16.5. The maximum atomic E-state index is 12.1. The predicted octanol–water partition coefficient (Wildman–Crippen LogP) is -0.539. The quantitative estimate of drug-likeness (QED) is 0.355. The molecule has 7 nitrogen and oxygen atoms in total. The number of rotatable bonds is 8. The largest absolute Gasteiger partial charge is 0.475 e. The zero-order chi connectivity index (χ0) is 16.7. The second kappa shape index (κ2) is 9.12. The average molecular weight is 314 g/mol. The zero-order valence-electron chi connectivity index (χ0n) is 13.5. The van der Waals surface area contributed by atoms with E-state index in [1.54, 1.807) is 0 Å². The monoisotopic (exact) mass is 314 g/mol. The van der Waals surface area contributed by atoms with Gasteiger partial charge in [0.05, 0.1) is 12.0 Å². The van der Waals surface area contributed by atoms with Crippen molar-refractivity contribution in [1.82, 2.24) is 10.6 Å². The summed E-state index contributed by atoms with van der Waals surface area (Å²) in [6.45, 7) is 6.44. The molecule has 1 aliphatic rings. The zero-order valence-corrected chi connectivity index (χ0v) is 13.5. The maximum Gasteiger partial charge on any atom is 0.475 e. The highest BCUT2D eigenvalue weighted by Gasteiger charge is 2.30. The molecular weight excluding hydrogens is 287 g/mol. The van der Waals surface area contributed by atoms with Gasteiger partial charge < -0.3 is 25.4 Å². The molecule has 1 saturated heterocycles. The molecule has 1 aliphatic heterocycles. The lowest BCUT2D eigenvalue weighted by atomic mass is 9.75. The van der Waals surface area contributed by atoms with E-state index in [1.807, 2.05) is 13.8 Å². The van der Waals surface area contributed by atoms with Crippen molar-refractivity contribution < 1.29 is 24.4 Å². The van der Waals surface area contributed by atoms with E-state index in [-0.39, 0.29) is 17.9 Å². The standard InChI is InChI=1S/C14H27BN2O5/c1-9(2)7-12(15(20)21)17-14(19)10(3)13(18)16-8-11-5-4-6-22-11/h9-12,20-21H,4-8H2,1-3H3,(H,16,18)(H,17,19). The molecule has 0 spiro atoms. The number of nitrogens with one attached hydrogen (secondary N) is 2.